The van der Waals surface area contributed by atoms with E-state index in [1.807, 2.05) is 12.1 Å². The van der Waals surface area contributed by atoms with Crippen molar-refractivity contribution >= 4 is 22.4 Å². The third-order valence-corrected chi connectivity index (χ3v) is 3.23. The molecule has 1 fully saturated rings. The van der Waals surface area contributed by atoms with Crippen LogP contribution in [0.5, 0.6) is 0 Å². The summed E-state index contributed by atoms with van der Waals surface area (Å²) in [4.78, 5) is 6.42. The lowest BCUT2D eigenvalue weighted by molar-refractivity contribution is -0.577. The molecule has 5 nitrogen and oxygen atoms in total. The van der Waals surface area contributed by atoms with E-state index in [-0.39, 0.29) is 0 Å². The lowest BCUT2D eigenvalue weighted by Gasteiger charge is -2.18. The van der Waals surface area contributed by atoms with E-state index in [4.69, 9.17) is 5.73 Å². The van der Waals surface area contributed by atoms with Crippen LogP contribution in [0.25, 0.3) is 11.0 Å². The fraction of sp³-hybridized carbons (Fsp3) is 0.333. The van der Waals surface area contributed by atoms with Crippen molar-refractivity contribution in [3.8, 4) is 0 Å². The van der Waals surface area contributed by atoms with Gasteiger partial charge in [0.15, 0.2) is 11.7 Å². The van der Waals surface area contributed by atoms with Gasteiger partial charge in [-0.05, 0) is 25.0 Å². The Balaban J connectivity index is 2.27. The molecule has 0 unspecified atom stereocenters. The summed E-state index contributed by atoms with van der Waals surface area (Å²) < 4.78 is 0.854. The van der Waals surface area contributed by atoms with Crippen molar-refractivity contribution in [1.82, 2.24) is 4.98 Å². The van der Waals surface area contributed by atoms with Crippen LogP contribution in [0.1, 0.15) is 12.8 Å². The van der Waals surface area contributed by atoms with Gasteiger partial charge in [-0.15, -0.1) is 0 Å². The highest BCUT2D eigenvalue weighted by Crippen LogP contribution is 2.29. The maximum atomic E-state index is 11.9. The highest BCUT2D eigenvalue weighted by Gasteiger charge is 2.21. The Bertz CT molecular complexity index is 564. The largest absolute Gasteiger partial charge is 0.618 e. The van der Waals surface area contributed by atoms with Gasteiger partial charge in [0.2, 0.25) is 0 Å². The number of hydrogen-bond donors (Lipinski definition) is 1. The second kappa shape index (κ2) is 3.76. The van der Waals surface area contributed by atoms with E-state index in [2.05, 4.69) is 9.88 Å². The maximum absolute atomic E-state index is 11.9. The number of aromatic nitrogens is 2. The van der Waals surface area contributed by atoms with Gasteiger partial charge in [0.1, 0.15) is 5.69 Å². The van der Waals surface area contributed by atoms with E-state index in [9.17, 15) is 5.21 Å². The van der Waals surface area contributed by atoms with Crippen molar-refractivity contribution in [2.24, 2.45) is 0 Å². The predicted octanol–water partition coefficient (Wildman–Crippen LogP) is 1.05. The molecular weight excluding hydrogens is 216 g/mol. The molecule has 1 saturated heterocycles. The standard InChI is InChI=1S/C12H14N4O/c13-9-3-4-10(15-6-1-2-7-15)12-11(9)14-5-8-16(12)17/h3-5,8H,1-2,6-7,13H2. The fourth-order valence-electron chi connectivity index (χ4n) is 2.39. The Morgan fingerprint density at radius 1 is 1.29 bits per heavy atom. The molecule has 0 spiro atoms. The molecule has 1 aliphatic rings. The Kier molecular flexibility index (Phi) is 2.24. The third kappa shape index (κ3) is 1.54. The minimum Gasteiger partial charge on any atom is -0.618 e. The number of nitrogens with zero attached hydrogens (tertiary/aromatic N) is 3. The molecule has 0 radical (unpaired) electrons. The first-order chi connectivity index (χ1) is 8.27. The van der Waals surface area contributed by atoms with E-state index >= 15 is 0 Å². The molecule has 1 aromatic heterocycles. The van der Waals surface area contributed by atoms with E-state index in [0.29, 0.717) is 16.7 Å². The zero-order valence-electron chi connectivity index (χ0n) is 9.47. The van der Waals surface area contributed by atoms with Crippen LogP contribution in [0.3, 0.4) is 0 Å². The molecule has 1 aliphatic heterocycles. The molecule has 0 bridgehead atoms. The first-order valence-electron chi connectivity index (χ1n) is 5.78. The monoisotopic (exact) mass is 230 g/mol. The Hall–Kier alpha value is -2.04. The van der Waals surface area contributed by atoms with Gasteiger partial charge in [0, 0.05) is 13.1 Å². The first kappa shape index (κ1) is 10.1. The second-order valence-corrected chi connectivity index (χ2v) is 4.32. The van der Waals surface area contributed by atoms with Gasteiger partial charge in [-0.25, -0.2) is 4.98 Å². The molecule has 2 heterocycles. The molecule has 1 aromatic carbocycles. The first-order valence-corrected chi connectivity index (χ1v) is 5.78. The zero-order chi connectivity index (χ0) is 11.8. The Morgan fingerprint density at radius 2 is 2.06 bits per heavy atom. The van der Waals surface area contributed by atoms with Gasteiger partial charge in [0.25, 0.3) is 5.52 Å². The van der Waals surface area contributed by atoms with Gasteiger partial charge in [-0.1, -0.05) is 0 Å². The molecule has 17 heavy (non-hydrogen) atoms. The summed E-state index contributed by atoms with van der Waals surface area (Å²) >= 11 is 0. The summed E-state index contributed by atoms with van der Waals surface area (Å²) in [6.45, 7) is 1.99. The second-order valence-electron chi connectivity index (χ2n) is 4.32. The third-order valence-electron chi connectivity index (χ3n) is 3.23. The molecule has 0 amide bonds. The summed E-state index contributed by atoms with van der Waals surface area (Å²) in [5.74, 6) is 0. The smallest absolute Gasteiger partial charge is 0.268 e. The topological polar surface area (TPSA) is 69.1 Å². The minimum atomic E-state index is 0.549. The molecule has 0 aliphatic carbocycles. The van der Waals surface area contributed by atoms with Crippen molar-refractivity contribution in [1.29, 1.82) is 0 Å². The molecule has 3 rings (SSSR count). The summed E-state index contributed by atoms with van der Waals surface area (Å²) in [5.41, 5.74) is 8.52. The Labute approximate surface area is 99.1 Å². The molecule has 0 saturated carbocycles. The SMILES string of the molecule is Nc1ccc(N2CCCC2)c2c1ncc[n+]2[O-]. The van der Waals surface area contributed by atoms with Crippen LogP contribution in [-0.4, -0.2) is 18.1 Å². The van der Waals surface area contributed by atoms with Crippen LogP contribution >= 0.6 is 0 Å². The zero-order valence-corrected chi connectivity index (χ0v) is 9.47. The van der Waals surface area contributed by atoms with Gasteiger partial charge >= 0.3 is 0 Å². The summed E-state index contributed by atoms with van der Waals surface area (Å²) in [6, 6.07) is 3.74. The van der Waals surface area contributed by atoms with E-state index in [1.165, 1.54) is 25.2 Å². The maximum Gasteiger partial charge on any atom is 0.268 e. The van der Waals surface area contributed by atoms with Crippen LogP contribution in [0, 0.1) is 5.21 Å². The van der Waals surface area contributed by atoms with Crippen molar-refractivity contribution in [2.45, 2.75) is 12.8 Å². The average Bonchev–Trinajstić information content (AvgIpc) is 2.84. The molecule has 2 N–H and O–H groups in total. The van der Waals surface area contributed by atoms with Gasteiger partial charge in [-0.2, -0.15) is 4.73 Å². The van der Waals surface area contributed by atoms with Gasteiger partial charge in [-0.3, -0.25) is 0 Å². The van der Waals surface area contributed by atoms with Gasteiger partial charge < -0.3 is 15.8 Å². The number of hydrogen-bond acceptors (Lipinski definition) is 4. The highest BCUT2D eigenvalue weighted by atomic mass is 16.5. The lowest BCUT2D eigenvalue weighted by Crippen LogP contribution is -2.30. The normalized spacial score (nSPS) is 15.6. The predicted molar refractivity (Wildman–Crippen MR) is 66.6 cm³/mol. The lowest BCUT2D eigenvalue weighted by atomic mass is 10.2. The molecular formula is C12H14N4O. The molecule has 88 valence electrons. The summed E-state index contributed by atoms with van der Waals surface area (Å²) in [5, 5.41) is 11.9. The summed E-state index contributed by atoms with van der Waals surface area (Å²) in [7, 11) is 0. The van der Waals surface area contributed by atoms with Crippen LogP contribution < -0.4 is 15.4 Å². The van der Waals surface area contributed by atoms with Crippen molar-refractivity contribution in [2.75, 3.05) is 23.7 Å². The number of benzene rings is 1. The number of nitrogens with two attached hydrogens (primary N) is 1. The van der Waals surface area contributed by atoms with Crippen molar-refractivity contribution in [3.63, 3.8) is 0 Å². The Morgan fingerprint density at radius 3 is 2.82 bits per heavy atom. The quantitative estimate of drug-likeness (QED) is 0.451. The van der Waals surface area contributed by atoms with Crippen molar-refractivity contribution in [3.05, 3.63) is 29.7 Å². The molecule has 2 aromatic rings. The van der Waals surface area contributed by atoms with Crippen LogP contribution in [0.4, 0.5) is 11.4 Å². The number of anilines is 2. The summed E-state index contributed by atoms with van der Waals surface area (Å²) in [6.07, 6.45) is 5.25. The highest BCUT2D eigenvalue weighted by molar-refractivity contribution is 5.93. The fourth-order valence-corrected chi connectivity index (χ4v) is 2.39. The average molecular weight is 230 g/mol. The van der Waals surface area contributed by atoms with Crippen LogP contribution in [-0.2, 0) is 0 Å². The van der Waals surface area contributed by atoms with Crippen LogP contribution in [0.2, 0.25) is 0 Å². The molecule has 5 heteroatoms. The minimum absolute atomic E-state index is 0.549. The van der Waals surface area contributed by atoms with E-state index in [1.54, 1.807) is 0 Å². The van der Waals surface area contributed by atoms with Crippen LogP contribution in [0.15, 0.2) is 24.5 Å². The number of fused-ring (bicyclic) bond motifs is 1. The van der Waals surface area contributed by atoms with E-state index in [0.717, 1.165) is 23.5 Å². The number of rotatable bonds is 1. The van der Waals surface area contributed by atoms with E-state index < -0.39 is 0 Å². The number of nitrogen functional groups attached to an aromatic ring is 1. The molecule has 0 atom stereocenters. The van der Waals surface area contributed by atoms with Gasteiger partial charge in [0.05, 0.1) is 11.9 Å². The van der Waals surface area contributed by atoms with Crippen molar-refractivity contribution < 1.29 is 4.73 Å².